The molecule has 1 atom stereocenters. The Kier molecular flexibility index (Phi) is 5.82. The van der Waals surface area contributed by atoms with Gasteiger partial charge < -0.3 is 9.80 Å². The molecule has 13 heteroatoms. The Labute approximate surface area is 199 Å². The molecule has 5 rings (SSSR count). The number of halogens is 2. The highest BCUT2D eigenvalue weighted by Crippen LogP contribution is 2.32. The molecule has 34 heavy (non-hydrogen) atoms. The number of amides is 2. The predicted octanol–water partition coefficient (Wildman–Crippen LogP) is 2.54. The molecule has 2 aliphatic heterocycles. The van der Waals surface area contributed by atoms with Gasteiger partial charge in [0.2, 0.25) is 5.95 Å². The van der Waals surface area contributed by atoms with Gasteiger partial charge in [-0.3, -0.25) is 4.98 Å². The second kappa shape index (κ2) is 8.93. The van der Waals surface area contributed by atoms with Crippen LogP contribution in [0.1, 0.15) is 29.8 Å². The Morgan fingerprint density at radius 3 is 2.65 bits per heavy atom. The number of urea groups is 1. The molecule has 0 N–H and O–H groups in total. The highest BCUT2D eigenvalue weighted by Gasteiger charge is 2.35. The maximum atomic E-state index is 14.4. The van der Waals surface area contributed by atoms with E-state index in [1.165, 1.54) is 9.69 Å². The SMILES string of the molecule is Cc1nc(C)n(-c2nc(N3CCN(C(=O)N4N=CCC4c4ncccc4Cl)CC3)ncc2F)n1. The predicted molar refractivity (Wildman–Crippen MR) is 122 cm³/mol. The summed E-state index contributed by atoms with van der Waals surface area (Å²) in [6, 6.07) is 2.95. The van der Waals surface area contributed by atoms with Crippen molar-refractivity contribution in [2.24, 2.45) is 5.10 Å². The summed E-state index contributed by atoms with van der Waals surface area (Å²) in [4.78, 5) is 33.9. The number of aryl methyl sites for hydroxylation is 2. The van der Waals surface area contributed by atoms with Crippen LogP contribution in [0, 0.1) is 19.7 Å². The van der Waals surface area contributed by atoms with Gasteiger partial charge in [0.1, 0.15) is 17.7 Å². The average molecular weight is 485 g/mol. The van der Waals surface area contributed by atoms with Crippen LogP contribution < -0.4 is 4.90 Å². The zero-order chi connectivity index (χ0) is 23.8. The number of nitrogens with zero attached hydrogens (tertiary/aromatic N) is 10. The molecule has 0 spiro atoms. The number of anilines is 1. The molecule has 1 saturated heterocycles. The van der Waals surface area contributed by atoms with Crippen molar-refractivity contribution in [2.75, 3.05) is 31.1 Å². The van der Waals surface area contributed by atoms with Gasteiger partial charge in [0.25, 0.3) is 0 Å². The summed E-state index contributed by atoms with van der Waals surface area (Å²) in [5, 5.41) is 10.4. The standard InChI is InChI=1S/C21H22ClFN10O/c1-13-27-14(2)32(29-13)19-16(23)12-25-20(28-19)30-8-10-31(11-9-30)21(34)33-17(5-7-26-33)18-15(22)4-3-6-24-18/h3-4,6-7,12,17H,5,8-11H2,1-2H3. The number of hydrogen-bond donors (Lipinski definition) is 0. The van der Waals surface area contributed by atoms with Crippen molar-refractivity contribution in [1.82, 2.24) is 39.6 Å². The first kappa shape index (κ1) is 22.1. The number of carbonyl (C=O) groups excluding carboxylic acids is 1. The smallest absolute Gasteiger partial charge is 0.337 e. The second-order valence-electron chi connectivity index (χ2n) is 7.98. The average Bonchev–Trinajstić information content (AvgIpc) is 3.45. The molecule has 2 amide bonds. The van der Waals surface area contributed by atoms with Crippen LogP contribution in [0.25, 0.3) is 5.82 Å². The highest BCUT2D eigenvalue weighted by molar-refractivity contribution is 6.31. The fraction of sp³-hybridized carbons (Fsp3) is 0.381. The number of carbonyl (C=O) groups is 1. The van der Waals surface area contributed by atoms with Gasteiger partial charge in [-0.05, 0) is 26.0 Å². The fourth-order valence-corrected chi connectivity index (χ4v) is 4.33. The molecule has 1 fully saturated rings. The van der Waals surface area contributed by atoms with E-state index in [2.05, 4.69) is 30.1 Å². The molecule has 11 nitrogen and oxygen atoms in total. The Morgan fingerprint density at radius 2 is 1.94 bits per heavy atom. The van der Waals surface area contributed by atoms with Gasteiger partial charge >= 0.3 is 6.03 Å². The van der Waals surface area contributed by atoms with E-state index >= 15 is 0 Å². The van der Waals surface area contributed by atoms with Gasteiger partial charge in [0, 0.05) is 45.0 Å². The molecule has 3 aromatic rings. The van der Waals surface area contributed by atoms with Crippen molar-refractivity contribution in [1.29, 1.82) is 0 Å². The van der Waals surface area contributed by atoms with Gasteiger partial charge in [-0.2, -0.15) is 14.8 Å². The zero-order valence-electron chi connectivity index (χ0n) is 18.6. The van der Waals surface area contributed by atoms with Crippen LogP contribution in [-0.4, -0.2) is 78.0 Å². The van der Waals surface area contributed by atoms with Crippen LogP contribution in [0.4, 0.5) is 15.1 Å². The van der Waals surface area contributed by atoms with E-state index in [9.17, 15) is 9.18 Å². The van der Waals surface area contributed by atoms with E-state index in [4.69, 9.17) is 11.6 Å². The molecule has 176 valence electrons. The largest absolute Gasteiger partial charge is 0.341 e. The zero-order valence-corrected chi connectivity index (χ0v) is 19.4. The molecule has 0 saturated carbocycles. The third-order valence-electron chi connectivity index (χ3n) is 5.75. The van der Waals surface area contributed by atoms with Crippen LogP contribution in [-0.2, 0) is 0 Å². The third-order valence-corrected chi connectivity index (χ3v) is 6.07. The summed E-state index contributed by atoms with van der Waals surface area (Å²) < 4.78 is 15.8. The molecule has 3 aromatic heterocycles. The van der Waals surface area contributed by atoms with Crippen molar-refractivity contribution in [3.63, 3.8) is 0 Å². The van der Waals surface area contributed by atoms with E-state index in [0.717, 1.165) is 6.20 Å². The number of hydrogen-bond acceptors (Lipinski definition) is 8. The third kappa shape index (κ3) is 4.04. The van der Waals surface area contributed by atoms with E-state index in [1.54, 1.807) is 43.3 Å². The second-order valence-corrected chi connectivity index (χ2v) is 8.39. The van der Waals surface area contributed by atoms with Crippen molar-refractivity contribution in [3.8, 4) is 5.82 Å². The summed E-state index contributed by atoms with van der Waals surface area (Å²) in [6.45, 7) is 5.31. The van der Waals surface area contributed by atoms with Gasteiger partial charge in [-0.25, -0.2) is 24.2 Å². The van der Waals surface area contributed by atoms with Crippen LogP contribution in [0.2, 0.25) is 5.02 Å². The molecular formula is C21H22ClFN10O. The first-order valence-electron chi connectivity index (χ1n) is 10.8. The highest BCUT2D eigenvalue weighted by atomic mass is 35.5. The summed E-state index contributed by atoms with van der Waals surface area (Å²) in [5.41, 5.74) is 0.625. The van der Waals surface area contributed by atoms with Crippen molar-refractivity contribution < 1.29 is 9.18 Å². The summed E-state index contributed by atoms with van der Waals surface area (Å²) in [7, 11) is 0. The molecule has 0 radical (unpaired) electrons. The fourth-order valence-electron chi connectivity index (χ4n) is 4.08. The van der Waals surface area contributed by atoms with Gasteiger partial charge in [0.15, 0.2) is 11.6 Å². The van der Waals surface area contributed by atoms with Crippen LogP contribution >= 0.6 is 11.6 Å². The van der Waals surface area contributed by atoms with E-state index in [1.807, 2.05) is 4.90 Å². The topological polar surface area (TPSA) is 109 Å². The minimum Gasteiger partial charge on any atom is -0.337 e. The lowest BCUT2D eigenvalue weighted by Gasteiger charge is -2.37. The first-order valence-corrected chi connectivity index (χ1v) is 11.2. The molecule has 2 aliphatic rings. The van der Waals surface area contributed by atoms with Crippen molar-refractivity contribution in [3.05, 3.63) is 52.7 Å². The van der Waals surface area contributed by atoms with E-state index in [-0.39, 0.29) is 17.9 Å². The molecule has 0 aromatic carbocycles. The lowest BCUT2D eigenvalue weighted by atomic mass is 10.1. The summed E-state index contributed by atoms with van der Waals surface area (Å²) in [6.07, 6.45) is 5.03. The Bertz CT molecular complexity index is 1260. The Morgan fingerprint density at radius 1 is 1.15 bits per heavy atom. The lowest BCUT2D eigenvalue weighted by molar-refractivity contribution is 0.138. The first-order chi connectivity index (χ1) is 16.4. The number of pyridine rings is 1. The number of rotatable bonds is 3. The maximum absolute atomic E-state index is 14.4. The maximum Gasteiger partial charge on any atom is 0.341 e. The van der Waals surface area contributed by atoms with Crippen LogP contribution in [0.3, 0.4) is 0 Å². The monoisotopic (exact) mass is 484 g/mol. The molecule has 0 bridgehead atoms. The molecular weight excluding hydrogens is 463 g/mol. The number of piperazine rings is 1. The van der Waals surface area contributed by atoms with Crippen molar-refractivity contribution >= 4 is 29.8 Å². The van der Waals surface area contributed by atoms with E-state index in [0.29, 0.717) is 60.9 Å². The summed E-state index contributed by atoms with van der Waals surface area (Å²) in [5.74, 6) is 0.886. The molecule has 1 unspecified atom stereocenters. The van der Waals surface area contributed by atoms with E-state index < -0.39 is 5.82 Å². The molecule has 0 aliphatic carbocycles. The number of hydrazone groups is 1. The lowest BCUT2D eigenvalue weighted by Crippen LogP contribution is -2.52. The quantitative estimate of drug-likeness (QED) is 0.562. The minimum atomic E-state index is -0.586. The van der Waals surface area contributed by atoms with Crippen LogP contribution in [0.5, 0.6) is 0 Å². The Balaban J connectivity index is 1.28. The minimum absolute atomic E-state index is 0.0445. The van der Waals surface area contributed by atoms with Crippen molar-refractivity contribution in [2.45, 2.75) is 26.3 Å². The van der Waals surface area contributed by atoms with Crippen LogP contribution in [0.15, 0.2) is 29.6 Å². The van der Waals surface area contributed by atoms with Gasteiger partial charge in [0.05, 0.1) is 16.9 Å². The van der Waals surface area contributed by atoms with Gasteiger partial charge in [-0.15, -0.1) is 5.10 Å². The normalized spacial score (nSPS) is 18.1. The Hall–Kier alpha value is -3.67. The summed E-state index contributed by atoms with van der Waals surface area (Å²) >= 11 is 6.30. The molecule has 5 heterocycles. The number of aromatic nitrogens is 6. The van der Waals surface area contributed by atoms with Gasteiger partial charge in [-0.1, -0.05) is 11.6 Å².